The molecule has 0 fully saturated rings. The molecule has 0 saturated heterocycles. The fraction of sp³-hybridized carbons (Fsp3) is 0.467. The molecule has 1 heterocycles. The molecule has 0 radical (unpaired) electrons. The Kier molecular flexibility index (Phi) is 4.65. The molecule has 0 aliphatic carbocycles. The Hall–Kier alpha value is -1.76. The smallest absolute Gasteiger partial charge is 0.526 e. The highest BCUT2D eigenvalue weighted by atomic mass is 19.3. The van der Waals surface area contributed by atoms with E-state index in [2.05, 4.69) is 0 Å². The summed E-state index contributed by atoms with van der Waals surface area (Å²) >= 11 is 0. The fourth-order valence-electron chi connectivity index (χ4n) is 2.65. The number of ketones is 2. The largest absolute Gasteiger partial charge is 0.535 e. The summed E-state index contributed by atoms with van der Waals surface area (Å²) in [5.41, 5.74) is 1.06. The van der Waals surface area contributed by atoms with Gasteiger partial charge in [-0.15, -0.1) is 0 Å². The molecule has 118 valence electrons. The second kappa shape index (κ2) is 6.16. The molecule has 0 bridgehead atoms. The highest BCUT2D eigenvalue weighted by Gasteiger charge is 2.38. The topological polar surface area (TPSA) is 63.6 Å². The summed E-state index contributed by atoms with van der Waals surface area (Å²) < 4.78 is 31.1. The Morgan fingerprint density at radius 1 is 1.45 bits per heavy atom. The van der Waals surface area contributed by atoms with Crippen molar-refractivity contribution in [2.45, 2.75) is 44.8 Å². The van der Waals surface area contributed by atoms with Gasteiger partial charge in [0, 0.05) is 12.2 Å². The maximum absolute atomic E-state index is 12.9. The van der Waals surface area contributed by atoms with Gasteiger partial charge in [-0.1, -0.05) is 12.1 Å². The minimum Gasteiger partial charge on any atom is -0.535 e. The molecule has 1 aliphatic rings. The van der Waals surface area contributed by atoms with Gasteiger partial charge < -0.3 is 9.68 Å². The number of carbonyl (C=O) groups is 2. The second-order valence-corrected chi connectivity index (χ2v) is 5.81. The molecule has 7 heteroatoms. The Bertz CT molecular complexity index is 598. The molecule has 1 N–H and O–H groups in total. The highest BCUT2D eigenvalue weighted by Crippen LogP contribution is 2.37. The van der Waals surface area contributed by atoms with E-state index in [-0.39, 0.29) is 12.2 Å². The van der Waals surface area contributed by atoms with Crippen LogP contribution in [0.4, 0.5) is 8.78 Å². The van der Waals surface area contributed by atoms with Crippen LogP contribution in [-0.4, -0.2) is 29.6 Å². The van der Waals surface area contributed by atoms with Gasteiger partial charge in [0.05, 0.1) is 12.0 Å². The van der Waals surface area contributed by atoms with Gasteiger partial charge in [-0.2, -0.15) is 0 Å². The molecule has 4 nitrogen and oxygen atoms in total. The molecular formula is C15H17BF2O4. The summed E-state index contributed by atoms with van der Waals surface area (Å²) in [5.74, 6) is -4.15. The fourth-order valence-corrected chi connectivity index (χ4v) is 2.65. The molecule has 1 atom stereocenters. The van der Waals surface area contributed by atoms with Crippen molar-refractivity contribution in [3.8, 4) is 5.75 Å². The minimum absolute atomic E-state index is 0.186. The summed E-state index contributed by atoms with van der Waals surface area (Å²) in [5, 5.41) is 10.00. The van der Waals surface area contributed by atoms with Gasteiger partial charge in [0.1, 0.15) is 11.5 Å². The zero-order chi connectivity index (χ0) is 16.5. The number of para-hydroxylation sites is 1. The van der Waals surface area contributed by atoms with Crippen molar-refractivity contribution in [2.75, 3.05) is 0 Å². The molecule has 0 spiro atoms. The van der Waals surface area contributed by atoms with Crippen LogP contribution in [0.1, 0.15) is 42.6 Å². The predicted molar refractivity (Wildman–Crippen MR) is 77.4 cm³/mol. The molecular weight excluding hydrogens is 293 g/mol. The van der Waals surface area contributed by atoms with Gasteiger partial charge in [0.25, 0.3) is 5.92 Å². The van der Waals surface area contributed by atoms with Gasteiger partial charge in [-0.3, -0.25) is 9.59 Å². The minimum atomic E-state index is -3.06. The van der Waals surface area contributed by atoms with Crippen LogP contribution in [0.25, 0.3) is 0 Å². The molecule has 2 rings (SSSR count). The van der Waals surface area contributed by atoms with Crippen molar-refractivity contribution in [1.29, 1.82) is 0 Å². The molecule has 0 aromatic heterocycles. The average Bonchev–Trinajstić information content (AvgIpc) is 2.36. The molecule has 1 aromatic carbocycles. The summed E-state index contributed by atoms with van der Waals surface area (Å²) in [6.45, 7) is 2.08. The summed E-state index contributed by atoms with van der Waals surface area (Å²) in [4.78, 5) is 23.2. The van der Waals surface area contributed by atoms with Crippen molar-refractivity contribution in [3.63, 3.8) is 0 Å². The molecule has 0 unspecified atom stereocenters. The van der Waals surface area contributed by atoms with Crippen LogP contribution < -0.4 is 4.65 Å². The Morgan fingerprint density at radius 3 is 2.73 bits per heavy atom. The maximum Gasteiger partial charge on any atom is 0.526 e. The number of alkyl halides is 2. The third kappa shape index (κ3) is 3.91. The standard InChI is InChI=1S/C15H17BF2O4/c1-9(19)13-5-3-4-10-6-11(16(21)22-14(10)13)7-12(20)8-15(2,17)18/h3-5,11,21H,6-8H2,1-2H3/t11-/m1/s1. The van der Waals surface area contributed by atoms with Gasteiger partial charge >= 0.3 is 7.12 Å². The Morgan fingerprint density at radius 2 is 2.14 bits per heavy atom. The summed E-state index contributed by atoms with van der Waals surface area (Å²) in [6, 6.07) is 5.02. The molecule has 0 saturated carbocycles. The van der Waals surface area contributed by atoms with Crippen LogP contribution in [0, 0.1) is 0 Å². The number of halogens is 2. The lowest BCUT2D eigenvalue weighted by Gasteiger charge is -2.28. The first kappa shape index (κ1) is 16.6. The zero-order valence-corrected chi connectivity index (χ0v) is 12.4. The lowest BCUT2D eigenvalue weighted by molar-refractivity contribution is -0.125. The number of carbonyl (C=O) groups excluding carboxylic acids is 2. The predicted octanol–water partition coefficient (Wildman–Crippen LogP) is 2.68. The summed E-state index contributed by atoms with van der Waals surface area (Å²) in [7, 11) is -1.29. The number of hydrogen-bond acceptors (Lipinski definition) is 4. The van der Waals surface area contributed by atoms with E-state index in [0.717, 1.165) is 0 Å². The van der Waals surface area contributed by atoms with Gasteiger partial charge in [0.15, 0.2) is 5.78 Å². The van der Waals surface area contributed by atoms with Gasteiger partial charge in [-0.05, 0) is 31.9 Å². The van der Waals surface area contributed by atoms with E-state index in [9.17, 15) is 23.4 Å². The van der Waals surface area contributed by atoms with Crippen LogP contribution in [0.2, 0.25) is 5.82 Å². The van der Waals surface area contributed by atoms with Crippen molar-refractivity contribution in [1.82, 2.24) is 0 Å². The van der Waals surface area contributed by atoms with Crippen molar-refractivity contribution < 1.29 is 28.0 Å². The van der Waals surface area contributed by atoms with E-state index in [1.807, 2.05) is 0 Å². The lowest BCUT2D eigenvalue weighted by Crippen LogP contribution is -2.36. The monoisotopic (exact) mass is 310 g/mol. The molecule has 1 aliphatic heterocycles. The zero-order valence-electron chi connectivity index (χ0n) is 12.4. The second-order valence-electron chi connectivity index (χ2n) is 5.81. The van der Waals surface area contributed by atoms with Crippen molar-refractivity contribution in [2.24, 2.45) is 0 Å². The van der Waals surface area contributed by atoms with Crippen LogP contribution in [0.3, 0.4) is 0 Å². The van der Waals surface area contributed by atoms with E-state index < -0.39 is 31.1 Å². The van der Waals surface area contributed by atoms with Crippen LogP contribution in [0.15, 0.2) is 18.2 Å². The van der Waals surface area contributed by atoms with Gasteiger partial charge in [0.2, 0.25) is 0 Å². The summed E-state index contributed by atoms with van der Waals surface area (Å²) in [6.07, 6.45) is -0.733. The quantitative estimate of drug-likeness (QED) is 0.671. The van der Waals surface area contributed by atoms with Crippen molar-refractivity contribution >= 4 is 18.7 Å². The first-order chi connectivity index (χ1) is 10.2. The van der Waals surface area contributed by atoms with Crippen LogP contribution in [-0.2, 0) is 11.2 Å². The number of fused-ring (bicyclic) bond motifs is 1. The Balaban J connectivity index is 2.14. The van der Waals surface area contributed by atoms with Crippen LogP contribution in [0.5, 0.6) is 5.75 Å². The lowest BCUT2D eigenvalue weighted by atomic mass is 9.64. The first-order valence-electron chi connectivity index (χ1n) is 7.04. The normalized spacial score (nSPS) is 17.7. The van der Waals surface area contributed by atoms with E-state index >= 15 is 0 Å². The third-order valence-corrected chi connectivity index (χ3v) is 3.60. The maximum atomic E-state index is 12.9. The average molecular weight is 310 g/mol. The van der Waals surface area contributed by atoms with Gasteiger partial charge in [-0.25, -0.2) is 8.78 Å². The number of hydrogen-bond donors (Lipinski definition) is 1. The molecule has 0 amide bonds. The van der Waals surface area contributed by atoms with E-state index in [4.69, 9.17) is 4.65 Å². The van der Waals surface area contributed by atoms with Crippen LogP contribution >= 0.6 is 0 Å². The molecule has 1 aromatic rings. The van der Waals surface area contributed by atoms with E-state index in [1.165, 1.54) is 6.92 Å². The highest BCUT2D eigenvalue weighted by molar-refractivity contribution is 6.47. The van der Waals surface area contributed by atoms with E-state index in [1.54, 1.807) is 18.2 Å². The SMILES string of the molecule is CC(=O)c1cccc2c1OB(O)[C@@H](CC(=O)CC(C)(F)F)C2. The first-order valence-corrected chi connectivity index (χ1v) is 7.04. The number of Topliss-reactive ketones (excluding diaryl/α,β-unsaturated/α-hetero) is 2. The Labute approximate surface area is 127 Å². The third-order valence-electron chi connectivity index (χ3n) is 3.60. The number of benzene rings is 1. The van der Waals surface area contributed by atoms with E-state index in [0.29, 0.717) is 30.2 Å². The number of rotatable bonds is 5. The van der Waals surface area contributed by atoms with Crippen molar-refractivity contribution in [3.05, 3.63) is 29.3 Å². The molecule has 22 heavy (non-hydrogen) atoms.